The minimum absolute atomic E-state index is 0.0489. The SMILES string of the molecule is C=CCOc1ccc(C2c3c(oc4ccc(F)cc4c3=O)C(=O)N2c2nnc(CC)s2)cc1OC. The van der Waals surface area contributed by atoms with Crippen molar-refractivity contribution >= 4 is 33.3 Å². The predicted octanol–water partition coefficient (Wildman–Crippen LogP) is 4.67. The van der Waals surface area contributed by atoms with Crippen molar-refractivity contribution in [1.29, 1.82) is 0 Å². The van der Waals surface area contributed by atoms with E-state index in [4.69, 9.17) is 13.9 Å². The molecule has 0 bridgehead atoms. The molecule has 2 aromatic heterocycles. The van der Waals surface area contributed by atoms with Crippen molar-refractivity contribution in [2.75, 3.05) is 18.6 Å². The first kappa shape index (κ1) is 22.7. The molecule has 0 fully saturated rings. The number of benzene rings is 2. The number of amides is 1. The number of carbonyl (C=O) groups is 1. The molecule has 0 saturated heterocycles. The molecule has 0 saturated carbocycles. The number of ether oxygens (including phenoxy) is 2. The van der Waals surface area contributed by atoms with Crippen LogP contribution < -0.4 is 19.8 Å². The molecule has 4 aromatic rings. The number of aryl methyl sites for hydroxylation is 1. The molecule has 0 radical (unpaired) electrons. The van der Waals surface area contributed by atoms with Crippen LogP contribution in [0.2, 0.25) is 0 Å². The Kier molecular flexibility index (Phi) is 5.81. The quantitative estimate of drug-likeness (QED) is 0.345. The van der Waals surface area contributed by atoms with Gasteiger partial charge in [0.1, 0.15) is 23.0 Å². The zero-order valence-electron chi connectivity index (χ0n) is 18.9. The standard InChI is InChI=1S/C25H20FN3O5S/c1-4-10-33-17-8-6-13(11-18(17)32-3)21-20-22(30)15-12-14(26)7-9-16(15)34-23(20)24(31)29(21)25-28-27-19(5-2)35-25/h4,6-9,11-12,21H,1,5,10H2,2-3H3. The number of nitrogens with zero attached hydrogens (tertiary/aromatic N) is 3. The summed E-state index contributed by atoms with van der Waals surface area (Å²) in [5, 5.41) is 9.44. The van der Waals surface area contributed by atoms with Crippen molar-refractivity contribution < 1.29 is 23.1 Å². The van der Waals surface area contributed by atoms with Crippen LogP contribution in [0, 0.1) is 5.82 Å². The van der Waals surface area contributed by atoms with E-state index in [9.17, 15) is 14.0 Å². The fourth-order valence-electron chi connectivity index (χ4n) is 4.06. The van der Waals surface area contributed by atoms with Crippen LogP contribution in [0.15, 0.2) is 58.3 Å². The number of carbonyl (C=O) groups excluding carboxylic acids is 1. The Morgan fingerprint density at radius 1 is 1.20 bits per heavy atom. The van der Waals surface area contributed by atoms with E-state index < -0.39 is 23.2 Å². The van der Waals surface area contributed by atoms with Crippen LogP contribution in [0.4, 0.5) is 9.52 Å². The monoisotopic (exact) mass is 493 g/mol. The van der Waals surface area contributed by atoms with E-state index in [0.29, 0.717) is 28.6 Å². The third-order valence-corrected chi connectivity index (χ3v) is 6.72. The highest BCUT2D eigenvalue weighted by molar-refractivity contribution is 7.15. The lowest BCUT2D eigenvalue weighted by molar-refractivity contribution is 0.0970. The van der Waals surface area contributed by atoms with Crippen molar-refractivity contribution in [2.45, 2.75) is 19.4 Å². The van der Waals surface area contributed by atoms with Gasteiger partial charge in [-0.25, -0.2) is 4.39 Å². The largest absolute Gasteiger partial charge is 0.493 e. The Hall–Kier alpha value is -4.05. The molecular formula is C25H20FN3O5S. The number of halogens is 1. The van der Waals surface area contributed by atoms with Crippen LogP contribution in [-0.4, -0.2) is 29.8 Å². The molecule has 0 aliphatic carbocycles. The summed E-state index contributed by atoms with van der Waals surface area (Å²) in [4.78, 5) is 28.6. The van der Waals surface area contributed by atoms with E-state index in [-0.39, 0.29) is 28.9 Å². The fourth-order valence-corrected chi connectivity index (χ4v) is 4.87. The molecule has 1 atom stereocenters. The van der Waals surface area contributed by atoms with Crippen LogP contribution in [0.1, 0.15) is 39.7 Å². The lowest BCUT2D eigenvalue weighted by atomic mass is 9.98. The number of aromatic nitrogens is 2. The summed E-state index contributed by atoms with van der Waals surface area (Å²) in [6.45, 7) is 5.85. The van der Waals surface area contributed by atoms with Crippen LogP contribution in [-0.2, 0) is 6.42 Å². The van der Waals surface area contributed by atoms with Crippen molar-refractivity contribution in [2.24, 2.45) is 0 Å². The van der Waals surface area contributed by atoms with E-state index in [2.05, 4.69) is 16.8 Å². The lowest BCUT2D eigenvalue weighted by Gasteiger charge is -2.23. The van der Waals surface area contributed by atoms with E-state index in [1.54, 1.807) is 24.3 Å². The van der Waals surface area contributed by atoms with E-state index >= 15 is 0 Å². The van der Waals surface area contributed by atoms with Crippen LogP contribution in [0.25, 0.3) is 11.0 Å². The predicted molar refractivity (Wildman–Crippen MR) is 129 cm³/mol. The molecule has 8 nitrogen and oxygen atoms in total. The highest BCUT2D eigenvalue weighted by Crippen LogP contribution is 2.44. The highest BCUT2D eigenvalue weighted by Gasteiger charge is 2.45. The van der Waals surface area contributed by atoms with Crippen LogP contribution >= 0.6 is 11.3 Å². The van der Waals surface area contributed by atoms with E-state index in [1.807, 2.05) is 6.92 Å². The summed E-state index contributed by atoms with van der Waals surface area (Å²) < 4.78 is 31.0. The average Bonchev–Trinajstić information content (AvgIpc) is 3.45. The highest BCUT2D eigenvalue weighted by atomic mass is 32.1. The molecule has 0 N–H and O–H groups in total. The smallest absolute Gasteiger partial charge is 0.297 e. The maximum Gasteiger partial charge on any atom is 0.297 e. The summed E-state index contributed by atoms with van der Waals surface area (Å²) in [5.74, 6) is -0.335. The summed E-state index contributed by atoms with van der Waals surface area (Å²) in [5.41, 5.74) is 0.300. The van der Waals surface area contributed by atoms with Gasteiger partial charge in [-0.3, -0.25) is 14.5 Å². The van der Waals surface area contributed by atoms with Crippen molar-refractivity contribution in [1.82, 2.24) is 10.2 Å². The molecule has 5 rings (SSSR count). The molecule has 0 spiro atoms. The molecule has 10 heteroatoms. The number of anilines is 1. The Bertz CT molecular complexity index is 1530. The zero-order chi connectivity index (χ0) is 24.7. The number of hydrogen-bond acceptors (Lipinski definition) is 8. The first-order valence-corrected chi connectivity index (χ1v) is 11.6. The van der Waals surface area contributed by atoms with Gasteiger partial charge in [0, 0.05) is 0 Å². The first-order valence-electron chi connectivity index (χ1n) is 10.8. The topological polar surface area (TPSA) is 94.8 Å². The Morgan fingerprint density at radius 3 is 2.74 bits per heavy atom. The first-order chi connectivity index (χ1) is 17.0. The molecule has 1 aliphatic rings. The summed E-state index contributed by atoms with van der Waals surface area (Å²) in [6, 6.07) is 7.86. The number of rotatable bonds is 7. The molecule has 2 aromatic carbocycles. The van der Waals surface area contributed by atoms with Crippen molar-refractivity contribution in [3.05, 3.63) is 87.0 Å². The Labute approximate surface area is 203 Å². The third-order valence-electron chi connectivity index (χ3n) is 5.66. The number of fused-ring (bicyclic) bond motifs is 2. The van der Waals surface area contributed by atoms with Gasteiger partial charge < -0.3 is 13.9 Å². The lowest BCUT2D eigenvalue weighted by Crippen LogP contribution is -2.29. The molecule has 3 heterocycles. The minimum atomic E-state index is -0.888. The third kappa shape index (κ3) is 3.75. The minimum Gasteiger partial charge on any atom is -0.493 e. The van der Waals surface area contributed by atoms with Gasteiger partial charge in [0.15, 0.2) is 16.9 Å². The Morgan fingerprint density at radius 2 is 2.03 bits per heavy atom. The van der Waals surface area contributed by atoms with E-state index in [1.165, 1.54) is 35.5 Å². The van der Waals surface area contributed by atoms with Gasteiger partial charge in [-0.15, -0.1) is 10.2 Å². The van der Waals surface area contributed by atoms with Gasteiger partial charge in [-0.05, 0) is 42.3 Å². The number of methoxy groups -OCH3 is 1. The summed E-state index contributed by atoms with van der Waals surface area (Å²) in [7, 11) is 1.49. The van der Waals surface area contributed by atoms with Gasteiger partial charge in [-0.2, -0.15) is 0 Å². The normalized spacial score (nSPS) is 14.9. The molecule has 1 aliphatic heterocycles. The second-order valence-electron chi connectivity index (χ2n) is 7.73. The van der Waals surface area contributed by atoms with Gasteiger partial charge in [0.05, 0.1) is 24.1 Å². The maximum absolute atomic E-state index is 14.0. The van der Waals surface area contributed by atoms with Gasteiger partial charge in [0.2, 0.25) is 10.9 Å². The second-order valence-corrected chi connectivity index (χ2v) is 8.77. The molecule has 35 heavy (non-hydrogen) atoms. The average molecular weight is 494 g/mol. The second kappa shape index (κ2) is 8.95. The van der Waals surface area contributed by atoms with Crippen LogP contribution in [0.3, 0.4) is 0 Å². The molecule has 1 amide bonds. The fraction of sp³-hybridized carbons (Fsp3) is 0.200. The van der Waals surface area contributed by atoms with Crippen LogP contribution in [0.5, 0.6) is 11.5 Å². The summed E-state index contributed by atoms with van der Waals surface area (Å²) >= 11 is 1.25. The van der Waals surface area contributed by atoms with Gasteiger partial charge >= 0.3 is 0 Å². The van der Waals surface area contributed by atoms with Gasteiger partial charge in [0.25, 0.3) is 5.91 Å². The molecule has 178 valence electrons. The van der Waals surface area contributed by atoms with Crippen molar-refractivity contribution in [3.63, 3.8) is 0 Å². The molecular weight excluding hydrogens is 473 g/mol. The zero-order valence-corrected chi connectivity index (χ0v) is 19.7. The maximum atomic E-state index is 14.0. The summed E-state index contributed by atoms with van der Waals surface area (Å²) in [6.07, 6.45) is 2.25. The van der Waals surface area contributed by atoms with E-state index in [0.717, 1.165) is 11.1 Å². The van der Waals surface area contributed by atoms with Crippen molar-refractivity contribution in [3.8, 4) is 11.5 Å². The Balaban J connectivity index is 1.75. The molecule has 1 unspecified atom stereocenters. The van der Waals surface area contributed by atoms with Gasteiger partial charge in [-0.1, -0.05) is 37.0 Å². The number of hydrogen-bond donors (Lipinski definition) is 0.